The van der Waals surface area contributed by atoms with Crippen molar-refractivity contribution in [3.8, 4) is 0 Å². The Morgan fingerprint density at radius 2 is 1.69 bits per heavy atom. The van der Waals surface area contributed by atoms with Crippen LogP contribution in [0.5, 0.6) is 0 Å². The van der Waals surface area contributed by atoms with Gasteiger partial charge in [0.15, 0.2) is 0 Å². The van der Waals surface area contributed by atoms with Crippen molar-refractivity contribution in [2.45, 2.75) is 5.79 Å². The van der Waals surface area contributed by atoms with E-state index in [0.717, 1.165) is 10.4 Å². The predicted octanol–water partition coefficient (Wildman–Crippen LogP) is 3.00. The van der Waals surface area contributed by atoms with Crippen molar-refractivity contribution >= 4 is 11.3 Å². The van der Waals surface area contributed by atoms with Gasteiger partial charge in [0.1, 0.15) is 0 Å². The molecule has 0 atom stereocenters. The lowest BCUT2D eigenvalue weighted by molar-refractivity contribution is -0.127. The molecule has 0 saturated carbocycles. The Kier molecular flexibility index (Phi) is 2.52. The summed E-state index contributed by atoms with van der Waals surface area (Å²) in [5.74, 6) is -0.671. The van der Waals surface area contributed by atoms with Gasteiger partial charge in [-0.05, 0) is 11.4 Å². The highest BCUT2D eigenvalue weighted by Gasteiger charge is 2.41. The number of rotatable bonds is 2. The molecule has 3 heteroatoms. The van der Waals surface area contributed by atoms with Crippen LogP contribution < -0.4 is 0 Å². The van der Waals surface area contributed by atoms with Crippen molar-refractivity contribution in [3.63, 3.8) is 0 Å². The van der Waals surface area contributed by atoms with Gasteiger partial charge in [-0.15, -0.1) is 11.3 Å². The van der Waals surface area contributed by atoms with E-state index < -0.39 is 5.79 Å². The van der Waals surface area contributed by atoms with Crippen LogP contribution in [0.4, 0.5) is 0 Å². The van der Waals surface area contributed by atoms with Crippen LogP contribution in [0.25, 0.3) is 0 Å². The largest absolute Gasteiger partial charge is 0.339 e. The normalized spacial score (nSPS) is 18.8. The van der Waals surface area contributed by atoms with Crippen LogP contribution in [0.15, 0.2) is 47.8 Å². The van der Waals surface area contributed by atoms with Gasteiger partial charge in [0.05, 0.1) is 18.1 Å². The van der Waals surface area contributed by atoms with Gasteiger partial charge in [-0.1, -0.05) is 36.4 Å². The standard InChI is InChI=1S/C13H12O2S/c1-2-5-11(6-3-1)13(14-8-9-15-13)12-7-4-10-16-12/h1-7,10H,8-9H2. The van der Waals surface area contributed by atoms with E-state index in [1.54, 1.807) is 11.3 Å². The number of hydrogen-bond acceptors (Lipinski definition) is 3. The Hall–Kier alpha value is -1.16. The molecule has 2 heterocycles. The lowest BCUT2D eigenvalue weighted by Gasteiger charge is -2.26. The number of thiophene rings is 1. The van der Waals surface area contributed by atoms with E-state index in [1.165, 1.54) is 0 Å². The van der Waals surface area contributed by atoms with Gasteiger partial charge in [0.25, 0.3) is 0 Å². The summed E-state index contributed by atoms with van der Waals surface area (Å²) in [5.41, 5.74) is 1.06. The molecule has 0 spiro atoms. The molecule has 0 bridgehead atoms. The fourth-order valence-corrected chi connectivity index (χ4v) is 2.84. The highest BCUT2D eigenvalue weighted by molar-refractivity contribution is 7.10. The second-order valence-corrected chi connectivity index (χ2v) is 4.60. The summed E-state index contributed by atoms with van der Waals surface area (Å²) >= 11 is 1.66. The lowest BCUT2D eigenvalue weighted by atomic mass is 10.0. The van der Waals surface area contributed by atoms with Crippen LogP contribution in [-0.4, -0.2) is 13.2 Å². The molecule has 0 amide bonds. The van der Waals surface area contributed by atoms with Crippen LogP contribution in [0.1, 0.15) is 10.4 Å². The smallest absolute Gasteiger partial charge is 0.232 e. The van der Waals surface area contributed by atoms with E-state index in [-0.39, 0.29) is 0 Å². The first-order chi connectivity index (χ1) is 7.92. The molecule has 1 aliphatic heterocycles. The molecule has 3 rings (SSSR count). The molecule has 2 aromatic rings. The molecule has 0 aliphatic carbocycles. The molecule has 1 aromatic heterocycles. The summed E-state index contributed by atoms with van der Waals surface area (Å²) in [5, 5.41) is 2.05. The monoisotopic (exact) mass is 232 g/mol. The van der Waals surface area contributed by atoms with Crippen LogP contribution in [0.3, 0.4) is 0 Å². The van der Waals surface area contributed by atoms with E-state index in [2.05, 4.69) is 6.07 Å². The van der Waals surface area contributed by atoms with Gasteiger partial charge >= 0.3 is 0 Å². The highest BCUT2D eigenvalue weighted by Crippen LogP contribution is 2.40. The second kappa shape index (κ2) is 4.01. The van der Waals surface area contributed by atoms with Crippen molar-refractivity contribution in [1.82, 2.24) is 0 Å². The molecule has 16 heavy (non-hydrogen) atoms. The Morgan fingerprint density at radius 1 is 0.938 bits per heavy atom. The third-order valence-corrected chi connectivity index (χ3v) is 3.65. The maximum absolute atomic E-state index is 5.86. The maximum Gasteiger partial charge on any atom is 0.232 e. The first-order valence-electron chi connectivity index (χ1n) is 5.29. The Bertz CT molecular complexity index is 444. The van der Waals surface area contributed by atoms with E-state index in [4.69, 9.17) is 9.47 Å². The van der Waals surface area contributed by atoms with Gasteiger partial charge in [-0.2, -0.15) is 0 Å². The minimum absolute atomic E-state index is 0.646. The summed E-state index contributed by atoms with van der Waals surface area (Å²) < 4.78 is 11.7. The molecular weight excluding hydrogens is 220 g/mol. The van der Waals surface area contributed by atoms with E-state index in [0.29, 0.717) is 13.2 Å². The summed E-state index contributed by atoms with van der Waals surface area (Å²) in [6.07, 6.45) is 0. The summed E-state index contributed by atoms with van der Waals surface area (Å²) in [4.78, 5) is 1.11. The molecule has 0 N–H and O–H groups in total. The van der Waals surface area contributed by atoms with Gasteiger partial charge in [0, 0.05) is 5.56 Å². The Balaban J connectivity index is 2.11. The van der Waals surface area contributed by atoms with Crippen LogP contribution in [0, 0.1) is 0 Å². The molecule has 0 unspecified atom stereocenters. The SMILES string of the molecule is c1ccc(C2(c3cccs3)OCCO2)cc1. The van der Waals surface area contributed by atoms with Crippen molar-refractivity contribution in [1.29, 1.82) is 0 Å². The van der Waals surface area contributed by atoms with Crippen LogP contribution in [-0.2, 0) is 15.3 Å². The zero-order chi connectivity index (χ0) is 10.8. The van der Waals surface area contributed by atoms with Crippen LogP contribution >= 0.6 is 11.3 Å². The van der Waals surface area contributed by atoms with Gasteiger partial charge in [-0.25, -0.2) is 0 Å². The van der Waals surface area contributed by atoms with E-state index >= 15 is 0 Å². The van der Waals surface area contributed by atoms with E-state index in [9.17, 15) is 0 Å². The Morgan fingerprint density at radius 3 is 2.31 bits per heavy atom. The van der Waals surface area contributed by atoms with Crippen molar-refractivity contribution in [2.24, 2.45) is 0 Å². The number of benzene rings is 1. The van der Waals surface area contributed by atoms with Crippen molar-refractivity contribution in [3.05, 3.63) is 58.3 Å². The molecule has 2 nitrogen and oxygen atoms in total. The topological polar surface area (TPSA) is 18.5 Å². The molecule has 1 saturated heterocycles. The van der Waals surface area contributed by atoms with Crippen molar-refractivity contribution in [2.75, 3.05) is 13.2 Å². The third-order valence-electron chi connectivity index (χ3n) is 2.69. The predicted molar refractivity (Wildman–Crippen MR) is 63.4 cm³/mol. The fourth-order valence-electron chi connectivity index (χ4n) is 1.99. The number of hydrogen-bond donors (Lipinski definition) is 0. The molecular formula is C13H12O2S. The average molecular weight is 232 g/mol. The van der Waals surface area contributed by atoms with Gasteiger partial charge in [0.2, 0.25) is 5.79 Å². The lowest BCUT2D eigenvalue weighted by Crippen LogP contribution is -2.27. The zero-order valence-corrected chi connectivity index (χ0v) is 9.57. The summed E-state index contributed by atoms with van der Waals surface area (Å²) in [7, 11) is 0. The average Bonchev–Trinajstić information content (AvgIpc) is 3.02. The summed E-state index contributed by atoms with van der Waals surface area (Å²) in [6.45, 7) is 1.29. The highest BCUT2D eigenvalue weighted by atomic mass is 32.1. The van der Waals surface area contributed by atoms with Gasteiger partial charge in [-0.3, -0.25) is 0 Å². The third kappa shape index (κ3) is 1.48. The maximum atomic E-state index is 5.86. The molecule has 1 fully saturated rings. The molecule has 1 aliphatic rings. The minimum Gasteiger partial charge on any atom is -0.339 e. The fraction of sp³-hybridized carbons (Fsp3) is 0.231. The molecule has 0 radical (unpaired) electrons. The van der Waals surface area contributed by atoms with Crippen LogP contribution in [0.2, 0.25) is 0 Å². The second-order valence-electron chi connectivity index (χ2n) is 3.66. The Labute approximate surface area is 98.4 Å². The first-order valence-corrected chi connectivity index (χ1v) is 6.17. The molecule has 82 valence electrons. The quantitative estimate of drug-likeness (QED) is 0.792. The summed E-state index contributed by atoms with van der Waals surface area (Å²) in [6, 6.07) is 14.2. The van der Waals surface area contributed by atoms with Crippen molar-refractivity contribution < 1.29 is 9.47 Å². The zero-order valence-electron chi connectivity index (χ0n) is 8.76. The first kappa shape index (κ1) is 10.0. The molecule has 1 aromatic carbocycles. The van der Waals surface area contributed by atoms with E-state index in [1.807, 2.05) is 41.8 Å². The number of ether oxygens (including phenoxy) is 2. The van der Waals surface area contributed by atoms with Gasteiger partial charge < -0.3 is 9.47 Å². The minimum atomic E-state index is -0.671.